The molecule has 0 spiro atoms. The number of nitrogens with one attached hydrogen (secondary N) is 1. The highest BCUT2D eigenvalue weighted by molar-refractivity contribution is 7.90. The molecule has 0 unspecified atom stereocenters. The lowest BCUT2D eigenvalue weighted by Crippen LogP contribution is -2.37. The lowest BCUT2D eigenvalue weighted by Gasteiger charge is -2.15. The number of fused-ring (bicyclic) bond motifs is 1. The average Bonchev–Trinajstić information content (AvgIpc) is 2.78. The van der Waals surface area contributed by atoms with Crippen molar-refractivity contribution in [1.29, 1.82) is 0 Å². The molecule has 7 nitrogen and oxygen atoms in total. The molecule has 0 aromatic heterocycles. The van der Waals surface area contributed by atoms with Crippen LogP contribution in [0.5, 0.6) is 5.75 Å². The Morgan fingerprint density at radius 2 is 1.80 bits per heavy atom. The van der Waals surface area contributed by atoms with Gasteiger partial charge in [0.15, 0.2) is 0 Å². The molecule has 0 bridgehead atoms. The molecule has 1 N–H and O–H groups in total. The Balaban J connectivity index is 1.72. The SMILES string of the molecule is CCOc1ccc(NC(=O)CN2C(=O)c3ccccc3S2(=O)=O)cc1. The van der Waals surface area contributed by atoms with Crippen LogP contribution in [0.2, 0.25) is 0 Å². The molecule has 25 heavy (non-hydrogen) atoms. The van der Waals surface area contributed by atoms with Crippen molar-refractivity contribution in [1.82, 2.24) is 4.31 Å². The van der Waals surface area contributed by atoms with Gasteiger partial charge in [-0.3, -0.25) is 9.59 Å². The highest BCUT2D eigenvalue weighted by Crippen LogP contribution is 2.29. The monoisotopic (exact) mass is 360 g/mol. The zero-order valence-electron chi connectivity index (χ0n) is 13.4. The Morgan fingerprint density at radius 1 is 1.12 bits per heavy atom. The number of rotatable bonds is 5. The third-order valence-electron chi connectivity index (χ3n) is 3.65. The number of carbonyl (C=O) groups excluding carboxylic acids is 2. The van der Waals surface area contributed by atoms with Crippen LogP contribution in [0.4, 0.5) is 5.69 Å². The minimum absolute atomic E-state index is 0.0751. The van der Waals surface area contributed by atoms with Gasteiger partial charge in [0.05, 0.1) is 12.2 Å². The number of hydrogen-bond donors (Lipinski definition) is 1. The van der Waals surface area contributed by atoms with Gasteiger partial charge in [0.1, 0.15) is 17.2 Å². The predicted octanol–water partition coefficient (Wildman–Crippen LogP) is 1.87. The fourth-order valence-electron chi connectivity index (χ4n) is 2.52. The summed E-state index contributed by atoms with van der Waals surface area (Å²) >= 11 is 0. The van der Waals surface area contributed by atoms with Gasteiger partial charge in [0.25, 0.3) is 15.9 Å². The van der Waals surface area contributed by atoms with Crippen LogP contribution < -0.4 is 10.1 Å². The first-order chi connectivity index (χ1) is 11.9. The second-order valence-corrected chi connectivity index (χ2v) is 7.15. The lowest BCUT2D eigenvalue weighted by atomic mass is 10.2. The first-order valence-corrected chi connectivity index (χ1v) is 9.06. The van der Waals surface area contributed by atoms with Crippen molar-refractivity contribution in [2.75, 3.05) is 18.5 Å². The van der Waals surface area contributed by atoms with Crippen molar-refractivity contribution in [3.8, 4) is 5.75 Å². The van der Waals surface area contributed by atoms with Crippen molar-refractivity contribution in [2.45, 2.75) is 11.8 Å². The van der Waals surface area contributed by atoms with Gasteiger partial charge < -0.3 is 10.1 Å². The topological polar surface area (TPSA) is 92.8 Å². The third-order valence-corrected chi connectivity index (χ3v) is 5.44. The molecule has 2 aromatic carbocycles. The van der Waals surface area contributed by atoms with E-state index in [1.54, 1.807) is 30.3 Å². The number of carbonyl (C=O) groups is 2. The number of benzene rings is 2. The Labute approximate surface area is 145 Å². The Bertz CT molecular complexity index is 922. The van der Waals surface area contributed by atoms with Crippen molar-refractivity contribution in [2.24, 2.45) is 0 Å². The summed E-state index contributed by atoms with van der Waals surface area (Å²) in [5.74, 6) is -0.639. The summed E-state index contributed by atoms with van der Waals surface area (Å²) in [6, 6.07) is 12.5. The van der Waals surface area contributed by atoms with E-state index in [4.69, 9.17) is 4.74 Å². The first-order valence-electron chi connectivity index (χ1n) is 7.62. The van der Waals surface area contributed by atoms with E-state index in [9.17, 15) is 18.0 Å². The predicted molar refractivity (Wildman–Crippen MR) is 90.9 cm³/mol. The summed E-state index contributed by atoms with van der Waals surface area (Å²) in [4.78, 5) is 24.4. The zero-order valence-corrected chi connectivity index (χ0v) is 14.2. The summed E-state index contributed by atoms with van der Waals surface area (Å²) in [6.45, 7) is 1.81. The number of sulfonamides is 1. The van der Waals surface area contributed by atoms with E-state index in [2.05, 4.69) is 5.32 Å². The maximum Gasteiger partial charge on any atom is 0.269 e. The Morgan fingerprint density at radius 3 is 2.44 bits per heavy atom. The Kier molecular flexibility index (Phi) is 4.45. The van der Waals surface area contributed by atoms with E-state index >= 15 is 0 Å². The molecular weight excluding hydrogens is 344 g/mol. The largest absolute Gasteiger partial charge is 0.494 e. The van der Waals surface area contributed by atoms with E-state index in [1.807, 2.05) is 6.92 Å². The third kappa shape index (κ3) is 3.20. The fourth-order valence-corrected chi connectivity index (χ4v) is 4.04. The molecule has 0 radical (unpaired) electrons. The average molecular weight is 360 g/mol. The molecule has 0 fully saturated rings. The van der Waals surface area contributed by atoms with E-state index in [1.165, 1.54) is 18.2 Å². The van der Waals surface area contributed by atoms with Crippen LogP contribution in [0.25, 0.3) is 0 Å². The minimum atomic E-state index is -3.99. The van der Waals surface area contributed by atoms with Gasteiger partial charge in [-0.15, -0.1) is 0 Å². The van der Waals surface area contributed by atoms with Crippen molar-refractivity contribution in [3.05, 3.63) is 54.1 Å². The number of ether oxygens (including phenoxy) is 1. The van der Waals surface area contributed by atoms with Gasteiger partial charge in [-0.25, -0.2) is 12.7 Å². The smallest absolute Gasteiger partial charge is 0.269 e. The van der Waals surface area contributed by atoms with E-state index in [0.717, 1.165) is 0 Å². The van der Waals surface area contributed by atoms with Crippen LogP contribution in [0.15, 0.2) is 53.4 Å². The molecule has 0 saturated heterocycles. The maximum absolute atomic E-state index is 12.4. The van der Waals surface area contributed by atoms with Crippen LogP contribution in [-0.2, 0) is 14.8 Å². The molecule has 8 heteroatoms. The molecule has 1 heterocycles. The van der Waals surface area contributed by atoms with Crippen molar-refractivity contribution >= 4 is 27.5 Å². The van der Waals surface area contributed by atoms with Crippen LogP contribution >= 0.6 is 0 Å². The molecule has 0 aliphatic carbocycles. The molecule has 0 saturated carbocycles. The van der Waals surface area contributed by atoms with Crippen LogP contribution in [0.3, 0.4) is 0 Å². The van der Waals surface area contributed by atoms with Gasteiger partial charge in [0.2, 0.25) is 5.91 Å². The molecule has 130 valence electrons. The van der Waals surface area contributed by atoms with Gasteiger partial charge >= 0.3 is 0 Å². The van der Waals surface area contributed by atoms with Gasteiger partial charge in [-0.2, -0.15) is 0 Å². The summed E-state index contributed by atoms with van der Waals surface area (Å²) in [7, 11) is -3.99. The molecule has 1 aliphatic heterocycles. The normalized spacial score (nSPS) is 14.9. The maximum atomic E-state index is 12.4. The van der Waals surface area contributed by atoms with E-state index in [0.29, 0.717) is 22.3 Å². The molecule has 0 atom stereocenters. The molecular formula is C17H16N2O5S. The summed E-state index contributed by atoms with van der Waals surface area (Å²) in [5, 5.41) is 2.57. The summed E-state index contributed by atoms with van der Waals surface area (Å²) in [5.41, 5.74) is 0.561. The number of hydrogen-bond acceptors (Lipinski definition) is 5. The minimum Gasteiger partial charge on any atom is -0.494 e. The first kappa shape index (κ1) is 17.0. The van der Waals surface area contributed by atoms with Crippen LogP contribution in [-0.4, -0.2) is 37.7 Å². The van der Waals surface area contributed by atoms with Gasteiger partial charge in [0, 0.05) is 5.69 Å². The van der Waals surface area contributed by atoms with Crippen LogP contribution in [0, 0.1) is 0 Å². The fraction of sp³-hybridized carbons (Fsp3) is 0.176. The van der Waals surface area contributed by atoms with Crippen LogP contribution in [0.1, 0.15) is 17.3 Å². The quantitative estimate of drug-likeness (QED) is 0.879. The van der Waals surface area contributed by atoms with Crippen molar-refractivity contribution in [3.63, 3.8) is 0 Å². The number of anilines is 1. The Hall–Kier alpha value is -2.87. The van der Waals surface area contributed by atoms with E-state index < -0.39 is 28.4 Å². The second-order valence-electron chi connectivity index (χ2n) is 5.32. The van der Waals surface area contributed by atoms with Gasteiger partial charge in [-0.05, 0) is 43.3 Å². The molecule has 2 aromatic rings. The number of amides is 2. The van der Waals surface area contributed by atoms with Crippen molar-refractivity contribution < 1.29 is 22.7 Å². The highest BCUT2D eigenvalue weighted by Gasteiger charge is 2.41. The second kappa shape index (κ2) is 6.56. The summed E-state index contributed by atoms with van der Waals surface area (Å²) in [6.07, 6.45) is 0. The molecule has 2 amide bonds. The molecule has 3 rings (SSSR count). The van der Waals surface area contributed by atoms with E-state index in [-0.39, 0.29) is 10.5 Å². The molecule has 1 aliphatic rings. The highest BCUT2D eigenvalue weighted by atomic mass is 32.2. The lowest BCUT2D eigenvalue weighted by molar-refractivity contribution is -0.116. The zero-order chi connectivity index (χ0) is 18.0. The standard InChI is InChI=1S/C17H16N2O5S/c1-2-24-13-9-7-12(8-10-13)18-16(20)11-19-17(21)14-5-3-4-6-15(14)25(19,22)23/h3-10H,2,11H2,1H3,(H,18,20). The summed E-state index contributed by atoms with van der Waals surface area (Å²) < 4.78 is 30.7. The van der Waals surface area contributed by atoms with Gasteiger partial charge in [-0.1, -0.05) is 12.1 Å². The number of nitrogens with zero attached hydrogens (tertiary/aromatic N) is 1.